The van der Waals surface area contributed by atoms with Gasteiger partial charge in [0.05, 0.1) is 6.07 Å². The number of amides is 2. The van der Waals surface area contributed by atoms with Crippen LogP contribution in [0.4, 0.5) is 13.6 Å². The zero-order chi connectivity index (χ0) is 20.4. The van der Waals surface area contributed by atoms with E-state index in [0.717, 1.165) is 17.7 Å². The molecule has 0 bridgehead atoms. The van der Waals surface area contributed by atoms with Crippen LogP contribution in [0, 0.1) is 23.0 Å². The third kappa shape index (κ3) is 6.68. The van der Waals surface area contributed by atoms with Gasteiger partial charge in [-0.25, -0.2) is 13.6 Å². The number of rotatable bonds is 8. The molecule has 2 aromatic carbocycles. The summed E-state index contributed by atoms with van der Waals surface area (Å²) in [5, 5.41) is 13.4. The zero-order valence-electron chi connectivity index (χ0n) is 15.0. The summed E-state index contributed by atoms with van der Waals surface area (Å²) in [5.74, 6) is -2.03. The van der Waals surface area contributed by atoms with E-state index < -0.39 is 29.7 Å². The highest BCUT2D eigenvalue weighted by Crippen LogP contribution is 2.13. The minimum atomic E-state index is -1.04. The SMILES string of the molecule is N#CCNC(=O)C(CCc1ccc(F)cc1F)NC(=O)OCc1ccccc1. The summed E-state index contributed by atoms with van der Waals surface area (Å²) >= 11 is 0. The molecule has 0 aromatic heterocycles. The average molecular weight is 387 g/mol. The molecule has 0 aliphatic carbocycles. The second-order valence-electron chi connectivity index (χ2n) is 5.91. The summed E-state index contributed by atoms with van der Waals surface area (Å²) in [6.07, 6.45) is -0.698. The lowest BCUT2D eigenvalue weighted by Crippen LogP contribution is -2.47. The number of hydrogen-bond acceptors (Lipinski definition) is 4. The van der Waals surface area contributed by atoms with Gasteiger partial charge in [-0.15, -0.1) is 0 Å². The third-order valence-corrected chi connectivity index (χ3v) is 3.88. The first kappa shape index (κ1) is 20.8. The van der Waals surface area contributed by atoms with Crippen LogP contribution < -0.4 is 10.6 Å². The Morgan fingerprint density at radius 2 is 1.89 bits per heavy atom. The maximum absolute atomic E-state index is 13.8. The molecule has 0 saturated heterocycles. The Morgan fingerprint density at radius 1 is 1.14 bits per heavy atom. The van der Waals surface area contributed by atoms with Gasteiger partial charge in [0.2, 0.25) is 5.91 Å². The fourth-order valence-corrected chi connectivity index (χ4v) is 2.45. The van der Waals surface area contributed by atoms with Gasteiger partial charge >= 0.3 is 6.09 Å². The Labute approximate surface area is 161 Å². The molecule has 6 nitrogen and oxygen atoms in total. The van der Waals surface area contributed by atoms with E-state index in [1.54, 1.807) is 30.3 Å². The molecule has 0 saturated carbocycles. The molecule has 1 atom stereocenters. The number of alkyl carbamates (subject to hydrolysis) is 1. The molecule has 0 aliphatic rings. The summed E-state index contributed by atoms with van der Waals surface area (Å²) in [6, 6.07) is 12.9. The fourth-order valence-electron chi connectivity index (χ4n) is 2.45. The summed E-state index contributed by atoms with van der Waals surface area (Å²) < 4.78 is 31.9. The molecular weight excluding hydrogens is 368 g/mol. The number of ether oxygens (including phenoxy) is 1. The van der Waals surface area contributed by atoms with Gasteiger partial charge in [-0.05, 0) is 30.0 Å². The highest BCUT2D eigenvalue weighted by Gasteiger charge is 2.22. The van der Waals surface area contributed by atoms with E-state index in [1.165, 1.54) is 6.07 Å². The van der Waals surface area contributed by atoms with Gasteiger partial charge in [-0.3, -0.25) is 4.79 Å². The van der Waals surface area contributed by atoms with E-state index in [9.17, 15) is 18.4 Å². The highest BCUT2D eigenvalue weighted by molar-refractivity contribution is 5.85. The van der Waals surface area contributed by atoms with Crippen molar-refractivity contribution in [3.63, 3.8) is 0 Å². The molecule has 2 rings (SSSR count). The molecular formula is C20H19F2N3O3. The summed E-state index contributed by atoms with van der Waals surface area (Å²) in [4.78, 5) is 24.2. The van der Waals surface area contributed by atoms with Gasteiger partial charge in [0.15, 0.2) is 0 Å². The first-order valence-electron chi connectivity index (χ1n) is 8.55. The van der Waals surface area contributed by atoms with Crippen molar-refractivity contribution < 1.29 is 23.1 Å². The minimum absolute atomic E-state index is 0.0196. The largest absolute Gasteiger partial charge is 0.445 e. The predicted octanol–water partition coefficient (Wildman–Crippen LogP) is 2.83. The van der Waals surface area contributed by atoms with Crippen molar-refractivity contribution in [1.82, 2.24) is 10.6 Å². The van der Waals surface area contributed by atoms with Crippen LogP contribution in [-0.2, 0) is 22.6 Å². The van der Waals surface area contributed by atoms with Crippen LogP contribution in [0.3, 0.4) is 0 Å². The van der Waals surface area contributed by atoms with E-state index in [0.29, 0.717) is 0 Å². The van der Waals surface area contributed by atoms with E-state index in [1.807, 2.05) is 6.07 Å². The molecule has 0 fully saturated rings. The van der Waals surface area contributed by atoms with Crippen LogP contribution in [0.5, 0.6) is 0 Å². The first-order chi connectivity index (χ1) is 13.5. The Hall–Kier alpha value is -3.47. The van der Waals surface area contributed by atoms with Crippen molar-refractivity contribution in [2.45, 2.75) is 25.5 Å². The van der Waals surface area contributed by atoms with Crippen molar-refractivity contribution in [2.75, 3.05) is 6.54 Å². The normalized spacial score (nSPS) is 11.2. The van der Waals surface area contributed by atoms with Crippen LogP contribution in [0.1, 0.15) is 17.5 Å². The van der Waals surface area contributed by atoms with Crippen LogP contribution in [0.2, 0.25) is 0 Å². The number of nitrogens with one attached hydrogen (secondary N) is 2. The van der Waals surface area contributed by atoms with Gasteiger partial charge in [0.25, 0.3) is 0 Å². The molecule has 2 aromatic rings. The van der Waals surface area contributed by atoms with Crippen molar-refractivity contribution >= 4 is 12.0 Å². The molecule has 146 valence electrons. The number of carbonyl (C=O) groups is 2. The van der Waals surface area contributed by atoms with Crippen LogP contribution in [0.15, 0.2) is 48.5 Å². The number of halogens is 2. The van der Waals surface area contributed by atoms with Gasteiger partial charge < -0.3 is 15.4 Å². The fraction of sp³-hybridized carbons (Fsp3) is 0.250. The highest BCUT2D eigenvalue weighted by atomic mass is 19.1. The Kier molecular flexibility index (Phi) is 7.91. The quantitative estimate of drug-likeness (QED) is 0.682. The zero-order valence-corrected chi connectivity index (χ0v) is 15.0. The molecule has 0 spiro atoms. The minimum Gasteiger partial charge on any atom is -0.445 e. The molecule has 2 N–H and O–H groups in total. The van der Waals surface area contributed by atoms with Gasteiger partial charge in [-0.2, -0.15) is 5.26 Å². The maximum atomic E-state index is 13.8. The van der Waals surface area contributed by atoms with E-state index in [-0.39, 0.29) is 31.6 Å². The average Bonchev–Trinajstić information content (AvgIpc) is 2.69. The second kappa shape index (κ2) is 10.6. The van der Waals surface area contributed by atoms with Crippen LogP contribution >= 0.6 is 0 Å². The van der Waals surface area contributed by atoms with Crippen LogP contribution in [0.25, 0.3) is 0 Å². The standard InChI is InChI=1S/C20H19F2N3O3/c21-16-8-6-15(17(22)12-16)7-9-18(19(26)24-11-10-23)25-20(27)28-13-14-4-2-1-3-5-14/h1-6,8,12,18H,7,9,11,13H2,(H,24,26)(H,25,27). The molecule has 1 unspecified atom stereocenters. The lowest BCUT2D eigenvalue weighted by molar-refractivity contribution is -0.123. The van der Waals surface area contributed by atoms with Gasteiger partial charge in [0, 0.05) is 6.07 Å². The Bertz CT molecular complexity index is 854. The second-order valence-corrected chi connectivity index (χ2v) is 5.91. The lowest BCUT2D eigenvalue weighted by atomic mass is 10.0. The van der Waals surface area contributed by atoms with E-state index in [4.69, 9.17) is 10.00 Å². The smallest absolute Gasteiger partial charge is 0.408 e. The van der Waals surface area contributed by atoms with Crippen molar-refractivity contribution in [3.05, 3.63) is 71.3 Å². The van der Waals surface area contributed by atoms with Crippen molar-refractivity contribution in [2.24, 2.45) is 0 Å². The number of nitriles is 1. The monoisotopic (exact) mass is 387 g/mol. The molecule has 2 amide bonds. The topological polar surface area (TPSA) is 91.2 Å². The molecule has 0 radical (unpaired) electrons. The third-order valence-electron chi connectivity index (χ3n) is 3.88. The molecule has 28 heavy (non-hydrogen) atoms. The van der Waals surface area contributed by atoms with E-state index in [2.05, 4.69) is 10.6 Å². The summed E-state index contributed by atoms with van der Waals surface area (Å²) in [7, 11) is 0. The number of nitrogens with zero attached hydrogens (tertiary/aromatic N) is 1. The number of carbonyl (C=O) groups excluding carboxylic acids is 2. The molecule has 0 aliphatic heterocycles. The molecule has 0 heterocycles. The maximum Gasteiger partial charge on any atom is 0.408 e. The van der Waals surface area contributed by atoms with Gasteiger partial charge in [0.1, 0.15) is 30.8 Å². The van der Waals surface area contributed by atoms with Crippen LogP contribution in [-0.4, -0.2) is 24.6 Å². The Morgan fingerprint density at radius 3 is 2.57 bits per heavy atom. The van der Waals surface area contributed by atoms with Crippen molar-refractivity contribution in [3.8, 4) is 6.07 Å². The van der Waals surface area contributed by atoms with Gasteiger partial charge in [-0.1, -0.05) is 36.4 Å². The predicted molar refractivity (Wildman–Crippen MR) is 96.9 cm³/mol. The first-order valence-corrected chi connectivity index (χ1v) is 8.55. The van der Waals surface area contributed by atoms with Crippen molar-refractivity contribution in [1.29, 1.82) is 5.26 Å². The summed E-state index contributed by atoms with van der Waals surface area (Å²) in [6.45, 7) is -0.215. The lowest BCUT2D eigenvalue weighted by Gasteiger charge is -2.18. The number of aryl methyl sites for hydroxylation is 1. The number of benzene rings is 2. The molecule has 8 heteroatoms. The summed E-state index contributed by atoms with van der Waals surface area (Å²) in [5.41, 5.74) is 0.982. The Balaban J connectivity index is 1.96. The van der Waals surface area contributed by atoms with E-state index >= 15 is 0 Å². The number of hydrogen-bond donors (Lipinski definition) is 2.